The van der Waals surface area contributed by atoms with Crippen LogP contribution in [0.3, 0.4) is 0 Å². The van der Waals surface area contributed by atoms with Crippen molar-refractivity contribution in [3.8, 4) is 0 Å². The summed E-state index contributed by atoms with van der Waals surface area (Å²) in [6.45, 7) is 4.03. The van der Waals surface area contributed by atoms with Crippen LogP contribution in [0.15, 0.2) is 18.3 Å². The van der Waals surface area contributed by atoms with Gasteiger partial charge in [-0.05, 0) is 25.0 Å². The molecule has 2 nitrogen and oxygen atoms in total. The first-order chi connectivity index (χ1) is 8.28. The fourth-order valence-corrected chi connectivity index (χ4v) is 3.42. The van der Waals surface area contributed by atoms with E-state index in [0.717, 1.165) is 30.3 Å². The van der Waals surface area contributed by atoms with Gasteiger partial charge in [0, 0.05) is 29.0 Å². The summed E-state index contributed by atoms with van der Waals surface area (Å²) in [5.41, 5.74) is 0. The number of aryl methyl sites for hydroxylation is 1. The van der Waals surface area contributed by atoms with Crippen molar-refractivity contribution >= 4 is 34.3 Å². The fourth-order valence-electron chi connectivity index (χ4n) is 1.50. The van der Waals surface area contributed by atoms with Crippen molar-refractivity contribution < 1.29 is 0 Å². The molecular weight excluding hydrogens is 272 g/mol. The van der Waals surface area contributed by atoms with Crippen LogP contribution in [0.1, 0.15) is 21.7 Å². The van der Waals surface area contributed by atoms with E-state index >= 15 is 0 Å². The van der Waals surface area contributed by atoms with Crippen LogP contribution in [-0.2, 0) is 19.4 Å². The van der Waals surface area contributed by atoms with Gasteiger partial charge in [-0.2, -0.15) is 0 Å². The molecule has 0 fully saturated rings. The predicted molar refractivity (Wildman–Crippen MR) is 76.2 cm³/mol. The molecule has 0 saturated carbocycles. The molecule has 2 rings (SSSR count). The minimum Gasteiger partial charge on any atom is -0.311 e. The second kappa shape index (κ2) is 6.50. The summed E-state index contributed by atoms with van der Waals surface area (Å²) < 4.78 is 0.870. The molecule has 2 aromatic rings. The predicted octanol–water partition coefficient (Wildman–Crippen LogP) is 3.75. The summed E-state index contributed by atoms with van der Waals surface area (Å²) in [6, 6.07) is 4.05. The molecule has 0 aliphatic heterocycles. The topological polar surface area (TPSA) is 24.9 Å². The molecule has 0 amide bonds. The van der Waals surface area contributed by atoms with Gasteiger partial charge in [-0.3, -0.25) is 0 Å². The molecule has 0 atom stereocenters. The normalized spacial score (nSPS) is 10.9. The van der Waals surface area contributed by atoms with Gasteiger partial charge in [0.1, 0.15) is 0 Å². The number of aromatic nitrogens is 1. The molecule has 1 N–H and O–H groups in total. The van der Waals surface area contributed by atoms with Crippen molar-refractivity contribution in [2.75, 3.05) is 6.54 Å². The highest BCUT2D eigenvalue weighted by molar-refractivity contribution is 7.16. The fraction of sp³-hybridized carbons (Fsp3) is 0.417. The Kier molecular flexibility index (Phi) is 4.98. The van der Waals surface area contributed by atoms with Gasteiger partial charge in [-0.25, -0.2) is 4.98 Å². The van der Waals surface area contributed by atoms with Crippen molar-refractivity contribution in [3.63, 3.8) is 0 Å². The maximum absolute atomic E-state index is 5.88. The lowest BCUT2D eigenvalue weighted by atomic mass is 10.3. The van der Waals surface area contributed by atoms with E-state index in [1.165, 1.54) is 14.8 Å². The lowest BCUT2D eigenvalue weighted by Crippen LogP contribution is -2.15. The lowest BCUT2D eigenvalue weighted by molar-refractivity contribution is 0.696. The first-order valence-electron chi connectivity index (χ1n) is 5.66. The molecule has 0 saturated heterocycles. The van der Waals surface area contributed by atoms with E-state index in [4.69, 9.17) is 11.6 Å². The van der Waals surface area contributed by atoms with E-state index in [9.17, 15) is 0 Å². The molecule has 0 aromatic carbocycles. The Morgan fingerprint density at radius 2 is 2.18 bits per heavy atom. The smallest absolute Gasteiger partial charge is 0.0931 e. The van der Waals surface area contributed by atoms with Crippen LogP contribution in [0.5, 0.6) is 0 Å². The van der Waals surface area contributed by atoms with E-state index in [2.05, 4.69) is 23.3 Å². The van der Waals surface area contributed by atoms with Gasteiger partial charge in [0.05, 0.1) is 9.34 Å². The minimum atomic E-state index is 0.870. The summed E-state index contributed by atoms with van der Waals surface area (Å²) in [6.07, 6.45) is 4.04. The lowest BCUT2D eigenvalue weighted by Gasteiger charge is -2.00. The van der Waals surface area contributed by atoms with Gasteiger partial charge in [-0.1, -0.05) is 18.5 Å². The molecule has 92 valence electrons. The number of nitrogens with one attached hydrogen (secondary N) is 1. The molecule has 0 aliphatic carbocycles. The third kappa shape index (κ3) is 4.07. The Morgan fingerprint density at radius 3 is 2.82 bits per heavy atom. The molecule has 0 spiro atoms. The van der Waals surface area contributed by atoms with Crippen LogP contribution in [0.4, 0.5) is 0 Å². The largest absolute Gasteiger partial charge is 0.311 e. The van der Waals surface area contributed by atoms with Crippen molar-refractivity contribution in [1.82, 2.24) is 10.3 Å². The second-order valence-corrected chi connectivity index (χ2v) is 6.71. The Bertz CT molecular complexity index is 465. The third-order valence-electron chi connectivity index (χ3n) is 2.38. The van der Waals surface area contributed by atoms with Crippen LogP contribution < -0.4 is 5.32 Å². The van der Waals surface area contributed by atoms with Gasteiger partial charge in [0.15, 0.2) is 0 Å². The van der Waals surface area contributed by atoms with Gasteiger partial charge >= 0.3 is 0 Å². The maximum atomic E-state index is 5.88. The first kappa shape index (κ1) is 13.0. The van der Waals surface area contributed by atoms with Crippen molar-refractivity contribution in [2.24, 2.45) is 0 Å². The third-order valence-corrected chi connectivity index (χ3v) is 4.81. The van der Waals surface area contributed by atoms with Crippen LogP contribution in [0.2, 0.25) is 4.34 Å². The van der Waals surface area contributed by atoms with Gasteiger partial charge in [-0.15, -0.1) is 22.7 Å². The summed E-state index contributed by atoms with van der Waals surface area (Å²) >= 11 is 9.33. The highest BCUT2D eigenvalue weighted by Gasteiger charge is 2.00. The first-order valence-corrected chi connectivity index (χ1v) is 7.67. The Balaban J connectivity index is 1.69. The molecule has 17 heavy (non-hydrogen) atoms. The molecule has 2 heterocycles. The summed E-state index contributed by atoms with van der Waals surface area (Å²) in [7, 11) is 0. The average Bonchev–Trinajstić information content (AvgIpc) is 2.93. The SMILES string of the molecule is CCc1ncc(CNCCc2ccc(Cl)s2)s1. The number of nitrogens with zero attached hydrogens (tertiary/aromatic N) is 1. The standard InChI is InChI=1S/C12H15ClN2S2/c1-2-12-15-8-10(17-12)7-14-6-5-9-3-4-11(13)16-9/h3-4,8,14H,2,5-7H2,1H3. The van der Waals surface area contributed by atoms with Gasteiger partial charge in [0.2, 0.25) is 0 Å². The number of hydrogen-bond donors (Lipinski definition) is 1. The van der Waals surface area contributed by atoms with E-state index < -0.39 is 0 Å². The van der Waals surface area contributed by atoms with Crippen LogP contribution in [0, 0.1) is 0 Å². The molecule has 0 aliphatic rings. The quantitative estimate of drug-likeness (QED) is 0.818. The number of thiophene rings is 1. The van der Waals surface area contributed by atoms with Gasteiger partial charge in [0.25, 0.3) is 0 Å². The second-order valence-electron chi connectivity index (χ2n) is 3.71. The zero-order valence-electron chi connectivity index (χ0n) is 9.70. The summed E-state index contributed by atoms with van der Waals surface area (Å²) in [5.74, 6) is 0. The molecule has 2 aromatic heterocycles. The maximum Gasteiger partial charge on any atom is 0.0931 e. The summed E-state index contributed by atoms with van der Waals surface area (Å²) in [5, 5.41) is 4.65. The Hall–Kier alpha value is -0.420. The average molecular weight is 287 g/mol. The Labute approximate surface area is 115 Å². The highest BCUT2D eigenvalue weighted by Crippen LogP contribution is 2.21. The number of rotatable bonds is 6. The van der Waals surface area contributed by atoms with Crippen molar-refractivity contribution in [3.05, 3.63) is 37.4 Å². The zero-order valence-corrected chi connectivity index (χ0v) is 12.1. The van der Waals surface area contributed by atoms with Crippen molar-refractivity contribution in [2.45, 2.75) is 26.3 Å². The summed E-state index contributed by atoms with van der Waals surface area (Å²) in [4.78, 5) is 6.98. The van der Waals surface area contributed by atoms with Crippen LogP contribution >= 0.6 is 34.3 Å². The zero-order chi connectivity index (χ0) is 12.1. The Morgan fingerprint density at radius 1 is 1.29 bits per heavy atom. The minimum absolute atomic E-state index is 0.870. The molecule has 0 radical (unpaired) electrons. The number of thiazole rings is 1. The van der Waals surface area contributed by atoms with E-state index in [-0.39, 0.29) is 0 Å². The monoisotopic (exact) mass is 286 g/mol. The van der Waals surface area contributed by atoms with E-state index in [1.54, 1.807) is 22.7 Å². The van der Waals surface area contributed by atoms with Crippen LogP contribution in [-0.4, -0.2) is 11.5 Å². The molecule has 5 heteroatoms. The molecule has 0 unspecified atom stereocenters. The molecular formula is C12H15ClN2S2. The van der Waals surface area contributed by atoms with E-state index in [1.807, 2.05) is 12.3 Å². The highest BCUT2D eigenvalue weighted by atomic mass is 35.5. The number of hydrogen-bond acceptors (Lipinski definition) is 4. The van der Waals surface area contributed by atoms with Crippen LogP contribution in [0.25, 0.3) is 0 Å². The van der Waals surface area contributed by atoms with Crippen molar-refractivity contribution in [1.29, 1.82) is 0 Å². The van der Waals surface area contributed by atoms with E-state index in [0.29, 0.717) is 0 Å². The van der Waals surface area contributed by atoms with Gasteiger partial charge < -0.3 is 5.32 Å². The number of halogens is 1. The molecule has 0 bridgehead atoms.